The molecule has 2 unspecified atom stereocenters. The maximum absolute atomic E-state index is 5.16. The molecule has 1 aromatic carbocycles. The van der Waals surface area contributed by atoms with Crippen molar-refractivity contribution >= 4 is 5.95 Å². The lowest BCUT2D eigenvalue weighted by Gasteiger charge is -2.25. The fraction of sp³-hybridized carbons (Fsp3) is 0.500. The Morgan fingerprint density at radius 3 is 2.71 bits per heavy atom. The Kier molecular flexibility index (Phi) is 3.92. The monoisotopic (exact) mass is 286 g/mol. The normalized spacial score (nSPS) is 22.0. The zero-order valence-electron chi connectivity index (χ0n) is 12.9. The first-order chi connectivity index (χ1) is 10.2. The van der Waals surface area contributed by atoms with Gasteiger partial charge in [-0.1, -0.05) is 30.3 Å². The maximum atomic E-state index is 5.16. The van der Waals surface area contributed by atoms with E-state index in [1.807, 2.05) is 11.6 Å². The number of nitrogens with zero attached hydrogens (tertiary/aromatic N) is 4. The topological polar surface area (TPSA) is 43.2 Å². The summed E-state index contributed by atoms with van der Waals surface area (Å²) in [6.07, 6.45) is 1.15. The third-order valence-electron chi connectivity index (χ3n) is 4.46. The molecule has 0 bridgehead atoms. The van der Waals surface area contributed by atoms with E-state index >= 15 is 0 Å². The molecule has 1 fully saturated rings. The molecule has 1 aromatic heterocycles. The Labute approximate surface area is 125 Å². The molecular weight excluding hydrogens is 264 g/mol. The average Bonchev–Trinajstić information content (AvgIpc) is 3.05. The summed E-state index contributed by atoms with van der Waals surface area (Å²) in [5, 5.41) is 8.58. The Bertz CT molecular complexity index is 596. The number of hydrogen-bond acceptors (Lipinski definition) is 4. The van der Waals surface area contributed by atoms with Gasteiger partial charge in [0.1, 0.15) is 6.61 Å². The molecule has 0 saturated carbocycles. The summed E-state index contributed by atoms with van der Waals surface area (Å²) in [5.74, 6) is 2.35. The fourth-order valence-electron chi connectivity index (χ4n) is 3.22. The quantitative estimate of drug-likeness (QED) is 0.865. The molecule has 2 aromatic rings. The van der Waals surface area contributed by atoms with Crippen LogP contribution < -0.4 is 4.90 Å². The number of hydrogen-bond donors (Lipinski definition) is 0. The number of rotatable bonds is 4. The molecule has 2 atom stereocenters. The van der Waals surface area contributed by atoms with E-state index in [2.05, 4.69) is 52.4 Å². The SMILES string of the molecule is COCc1nnc(N2CCC(c3ccccc3)C2C)n1C. The molecule has 5 nitrogen and oxygen atoms in total. The minimum atomic E-state index is 0.422. The van der Waals surface area contributed by atoms with Gasteiger partial charge in [-0.25, -0.2) is 0 Å². The Morgan fingerprint density at radius 1 is 1.24 bits per heavy atom. The first kappa shape index (κ1) is 14.1. The standard InChI is InChI=1S/C16H22N4O/c1-12-14(13-7-5-4-6-8-13)9-10-20(12)16-18-17-15(11-21-3)19(16)2/h4-8,12,14H,9-11H2,1-3H3. The van der Waals surface area contributed by atoms with E-state index in [4.69, 9.17) is 4.74 Å². The molecule has 0 radical (unpaired) electrons. The van der Waals surface area contributed by atoms with Crippen molar-refractivity contribution in [2.75, 3.05) is 18.6 Å². The summed E-state index contributed by atoms with van der Waals surface area (Å²) >= 11 is 0. The molecular formula is C16H22N4O. The van der Waals surface area contributed by atoms with Crippen LogP contribution in [0.5, 0.6) is 0 Å². The summed E-state index contributed by atoms with van der Waals surface area (Å²) in [6, 6.07) is 11.2. The van der Waals surface area contributed by atoms with Crippen molar-refractivity contribution < 1.29 is 4.74 Å². The van der Waals surface area contributed by atoms with Crippen molar-refractivity contribution in [2.24, 2.45) is 7.05 Å². The van der Waals surface area contributed by atoms with E-state index in [1.165, 1.54) is 5.56 Å². The predicted octanol–water partition coefficient (Wildman–Crippen LogP) is 2.34. The van der Waals surface area contributed by atoms with E-state index in [0.717, 1.165) is 24.7 Å². The van der Waals surface area contributed by atoms with Gasteiger partial charge in [-0.2, -0.15) is 0 Å². The van der Waals surface area contributed by atoms with Gasteiger partial charge in [0.15, 0.2) is 5.82 Å². The van der Waals surface area contributed by atoms with Crippen LogP contribution in [0.4, 0.5) is 5.95 Å². The van der Waals surface area contributed by atoms with E-state index in [-0.39, 0.29) is 0 Å². The second-order valence-corrected chi connectivity index (χ2v) is 5.65. The van der Waals surface area contributed by atoms with Crippen molar-refractivity contribution in [3.8, 4) is 0 Å². The Balaban J connectivity index is 1.82. The number of anilines is 1. The van der Waals surface area contributed by atoms with Gasteiger partial charge in [-0.15, -0.1) is 10.2 Å². The average molecular weight is 286 g/mol. The fourth-order valence-corrected chi connectivity index (χ4v) is 3.22. The maximum Gasteiger partial charge on any atom is 0.227 e. The first-order valence-corrected chi connectivity index (χ1v) is 7.41. The summed E-state index contributed by atoms with van der Waals surface area (Å²) in [6.45, 7) is 3.78. The molecule has 0 aliphatic carbocycles. The molecule has 0 spiro atoms. The van der Waals surface area contributed by atoms with E-state index in [9.17, 15) is 0 Å². The number of methoxy groups -OCH3 is 1. The minimum absolute atomic E-state index is 0.422. The summed E-state index contributed by atoms with van der Waals surface area (Å²) in [5.41, 5.74) is 1.41. The summed E-state index contributed by atoms with van der Waals surface area (Å²) in [4.78, 5) is 2.35. The minimum Gasteiger partial charge on any atom is -0.377 e. The summed E-state index contributed by atoms with van der Waals surface area (Å²) < 4.78 is 7.20. The molecule has 2 heterocycles. The smallest absolute Gasteiger partial charge is 0.227 e. The second-order valence-electron chi connectivity index (χ2n) is 5.65. The van der Waals surface area contributed by atoms with Gasteiger partial charge in [-0.05, 0) is 18.9 Å². The van der Waals surface area contributed by atoms with Crippen LogP contribution in [-0.4, -0.2) is 34.5 Å². The molecule has 1 aliphatic rings. The highest BCUT2D eigenvalue weighted by atomic mass is 16.5. The van der Waals surface area contributed by atoms with Crippen LogP contribution >= 0.6 is 0 Å². The van der Waals surface area contributed by atoms with E-state index in [1.54, 1.807) is 7.11 Å². The molecule has 112 valence electrons. The van der Waals surface area contributed by atoms with Crippen LogP contribution in [0.2, 0.25) is 0 Å². The zero-order chi connectivity index (χ0) is 14.8. The van der Waals surface area contributed by atoms with Crippen molar-refractivity contribution in [3.05, 3.63) is 41.7 Å². The predicted molar refractivity (Wildman–Crippen MR) is 82.3 cm³/mol. The Hall–Kier alpha value is -1.88. The zero-order valence-corrected chi connectivity index (χ0v) is 12.9. The van der Waals surface area contributed by atoms with Crippen molar-refractivity contribution in [1.82, 2.24) is 14.8 Å². The van der Waals surface area contributed by atoms with Gasteiger partial charge in [0.05, 0.1) is 0 Å². The van der Waals surface area contributed by atoms with Crippen LogP contribution in [0.15, 0.2) is 30.3 Å². The molecule has 3 rings (SSSR count). The van der Waals surface area contributed by atoms with Gasteiger partial charge in [0.25, 0.3) is 0 Å². The third kappa shape index (κ3) is 2.53. The number of ether oxygens (including phenoxy) is 1. The first-order valence-electron chi connectivity index (χ1n) is 7.41. The summed E-state index contributed by atoms with van der Waals surface area (Å²) in [7, 11) is 3.69. The van der Waals surface area contributed by atoms with Crippen LogP contribution in [0.1, 0.15) is 30.7 Å². The van der Waals surface area contributed by atoms with E-state index in [0.29, 0.717) is 18.6 Å². The second kappa shape index (κ2) is 5.85. The largest absolute Gasteiger partial charge is 0.377 e. The van der Waals surface area contributed by atoms with Crippen LogP contribution in [-0.2, 0) is 18.4 Å². The number of benzene rings is 1. The third-order valence-corrected chi connectivity index (χ3v) is 4.46. The van der Waals surface area contributed by atoms with Crippen LogP contribution in [0.3, 0.4) is 0 Å². The lowest BCUT2D eigenvalue weighted by atomic mass is 9.93. The van der Waals surface area contributed by atoms with Gasteiger partial charge in [-0.3, -0.25) is 4.57 Å². The van der Waals surface area contributed by atoms with Gasteiger partial charge in [0.2, 0.25) is 5.95 Å². The molecule has 1 aliphatic heterocycles. The van der Waals surface area contributed by atoms with Gasteiger partial charge in [0, 0.05) is 32.7 Å². The van der Waals surface area contributed by atoms with E-state index < -0.39 is 0 Å². The van der Waals surface area contributed by atoms with Crippen molar-refractivity contribution in [1.29, 1.82) is 0 Å². The molecule has 21 heavy (non-hydrogen) atoms. The Morgan fingerprint density at radius 2 is 2.00 bits per heavy atom. The van der Waals surface area contributed by atoms with Crippen molar-refractivity contribution in [3.63, 3.8) is 0 Å². The number of aromatic nitrogens is 3. The van der Waals surface area contributed by atoms with Crippen molar-refractivity contribution in [2.45, 2.75) is 31.9 Å². The van der Waals surface area contributed by atoms with Crippen LogP contribution in [0, 0.1) is 0 Å². The van der Waals surface area contributed by atoms with Crippen LogP contribution in [0.25, 0.3) is 0 Å². The highest BCUT2D eigenvalue weighted by Crippen LogP contribution is 2.35. The lowest BCUT2D eigenvalue weighted by molar-refractivity contribution is 0.175. The highest BCUT2D eigenvalue weighted by molar-refractivity contribution is 5.38. The lowest BCUT2D eigenvalue weighted by Crippen LogP contribution is -2.31. The van der Waals surface area contributed by atoms with Gasteiger partial charge >= 0.3 is 0 Å². The molecule has 5 heteroatoms. The molecule has 0 amide bonds. The van der Waals surface area contributed by atoms with Gasteiger partial charge < -0.3 is 9.64 Å². The molecule has 1 saturated heterocycles. The highest BCUT2D eigenvalue weighted by Gasteiger charge is 2.34. The molecule has 0 N–H and O–H groups in total.